The number of carbonyl (C=O) groups is 2. The minimum Gasteiger partial charge on any atom is -0.461 e. The van der Waals surface area contributed by atoms with E-state index in [0.717, 1.165) is 0 Å². The molecule has 2 rings (SSSR count). The number of ether oxygens (including phenoxy) is 1. The summed E-state index contributed by atoms with van der Waals surface area (Å²) in [6.07, 6.45) is 2.03. The van der Waals surface area contributed by atoms with Gasteiger partial charge in [-0.2, -0.15) is 5.10 Å². The van der Waals surface area contributed by atoms with Crippen LogP contribution in [0.4, 0.5) is 5.69 Å². The van der Waals surface area contributed by atoms with E-state index >= 15 is 0 Å². The minimum atomic E-state index is -0.471. The average Bonchev–Trinajstić information content (AvgIpc) is 3.03. The fourth-order valence-corrected chi connectivity index (χ4v) is 2.00. The molecule has 0 aliphatic heterocycles. The van der Waals surface area contributed by atoms with Crippen molar-refractivity contribution in [2.75, 3.05) is 25.5 Å². The lowest BCUT2D eigenvalue weighted by molar-refractivity contribution is -0.116. The van der Waals surface area contributed by atoms with Gasteiger partial charge in [-0.3, -0.25) is 4.79 Å². The van der Waals surface area contributed by atoms with E-state index in [0.29, 0.717) is 30.9 Å². The van der Waals surface area contributed by atoms with Gasteiger partial charge in [0.2, 0.25) is 5.91 Å². The third-order valence-corrected chi connectivity index (χ3v) is 3.10. The maximum absolute atomic E-state index is 11.9. The molecule has 8 heteroatoms. The molecule has 0 radical (unpaired) electrons. The Labute approximate surface area is 146 Å². The van der Waals surface area contributed by atoms with Gasteiger partial charge in [0, 0.05) is 19.2 Å². The van der Waals surface area contributed by atoms with Crippen LogP contribution in [0.2, 0.25) is 0 Å². The van der Waals surface area contributed by atoms with Crippen molar-refractivity contribution < 1.29 is 14.3 Å². The number of anilines is 1. The van der Waals surface area contributed by atoms with Crippen molar-refractivity contribution in [1.82, 2.24) is 15.1 Å². The first-order valence-corrected chi connectivity index (χ1v) is 7.42. The van der Waals surface area contributed by atoms with Gasteiger partial charge in [0.05, 0.1) is 18.0 Å². The van der Waals surface area contributed by atoms with E-state index in [4.69, 9.17) is 4.74 Å². The van der Waals surface area contributed by atoms with E-state index < -0.39 is 5.97 Å². The molecule has 2 aromatic rings. The Kier molecular flexibility index (Phi) is 7.94. The summed E-state index contributed by atoms with van der Waals surface area (Å²) >= 11 is 0. The molecule has 0 saturated carbocycles. The molecule has 0 unspecified atom stereocenters. The molecule has 7 nitrogen and oxygen atoms in total. The number of esters is 1. The lowest BCUT2D eigenvalue weighted by Crippen LogP contribution is -2.19. The third kappa shape index (κ3) is 5.07. The second kappa shape index (κ2) is 9.69. The number of aromatic nitrogens is 2. The number of hydrogen-bond acceptors (Lipinski definition) is 5. The number of benzene rings is 1. The Morgan fingerprint density at radius 2 is 2.00 bits per heavy atom. The van der Waals surface area contributed by atoms with Crippen LogP contribution in [0.5, 0.6) is 0 Å². The Balaban J connectivity index is 0.00000288. The van der Waals surface area contributed by atoms with Crippen molar-refractivity contribution in [1.29, 1.82) is 0 Å². The summed E-state index contributed by atoms with van der Waals surface area (Å²) in [5, 5.41) is 9.99. The van der Waals surface area contributed by atoms with Gasteiger partial charge in [-0.25, -0.2) is 9.48 Å². The summed E-state index contributed by atoms with van der Waals surface area (Å²) in [5.41, 5.74) is 1.54. The van der Waals surface area contributed by atoms with E-state index in [-0.39, 0.29) is 24.0 Å². The molecular weight excluding hydrogens is 332 g/mol. The molecule has 1 aromatic carbocycles. The number of halogens is 1. The predicted octanol–water partition coefficient (Wildman–Crippen LogP) is 2.02. The lowest BCUT2D eigenvalue weighted by Gasteiger charge is -2.11. The molecule has 1 amide bonds. The number of nitrogens with zero attached hydrogens (tertiary/aromatic N) is 2. The maximum atomic E-state index is 11.9. The quantitative estimate of drug-likeness (QED) is 0.745. The molecule has 0 aliphatic rings. The van der Waals surface area contributed by atoms with Crippen molar-refractivity contribution in [2.45, 2.75) is 13.3 Å². The summed E-state index contributed by atoms with van der Waals surface area (Å²) < 4.78 is 6.47. The average molecular weight is 353 g/mol. The first-order chi connectivity index (χ1) is 11.2. The highest BCUT2D eigenvalue weighted by Gasteiger charge is 2.13. The first-order valence-electron chi connectivity index (χ1n) is 7.42. The zero-order chi connectivity index (χ0) is 16.7. The lowest BCUT2D eigenvalue weighted by atomic mass is 10.2. The van der Waals surface area contributed by atoms with Crippen LogP contribution >= 0.6 is 12.4 Å². The van der Waals surface area contributed by atoms with Crippen LogP contribution in [-0.2, 0) is 9.53 Å². The van der Waals surface area contributed by atoms with Crippen LogP contribution in [0.3, 0.4) is 0 Å². The second-order valence-electron chi connectivity index (χ2n) is 4.78. The first kappa shape index (κ1) is 19.7. The van der Waals surface area contributed by atoms with Gasteiger partial charge in [0.15, 0.2) is 5.69 Å². The highest BCUT2D eigenvalue weighted by Crippen LogP contribution is 2.19. The van der Waals surface area contributed by atoms with E-state index in [2.05, 4.69) is 15.7 Å². The molecule has 2 N–H and O–H groups in total. The second-order valence-corrected chi connectivity index (χ2v) is 4.78. The minimum absolute atomic E-state index is 0. The summed E-state index contributed by atoms with van der Waals surface area (Å²) in [7, 11) is 1.79. The largest absolute Gasteiger partial charge is 0.461 e. The number of nitrogens with one attached hydrogen (secondary N) is 2. The molecule has 130 valence electrons. The van der Waals surface area contributed by atoms with Crippen molar-refractivity contribution in [3.8, 4) is 5.69 Å². The molecule has 0 saturated heterocycles. The van der Waals surface area contributed by atoms with Crippen LogP contribution in [0.15, 0.2) is 36.5 Å². The number of carbonyl (C=O) groups excluding carboxylic acids is 2. The van der Waals surface area contributed by atoms with Crippen molar-refractivity contribution >= 4 is 30.0 Å². The van der Waals surface area contributed by atoms with Crippen LogP contribution in [0.1, 0.15) is 23.8 Å². The van der Waals surface area contributed by atoms with E-state index in [1.165, 1.54) is 0 Å². The van der Waals surface area contributed by atoms with Gasteiger partial charge < -0.3 is 15.4 Å². The fraction of sp³-hybridized carbons (Fsp3) is 0.312. The number of hydrogen-bond donors (Lipinski definition) is 2. The smallest absolute Gasteiger partial charge is 0.358 e. The van der Waals surface area contributed by atoms with Crippen LogP contribution in [0, 0.1) is 0 Å². The van der Waals surface area contributed by atoms with Crippen molar-refractivity contribution in [3.05, 3.63) is 42.2 Å². The number of rotatable bonds is 7. The number of para-hydroxylation sites is 2. The van der Waals surface area contributed by atoms with Crippen LogP contribution in [-0.4, -0.2) is 41.9 Å². The predicted molar refractivity (Wildman–Crippen MR) is 93.9 cm³/mol. The number of amides is 1. The van der Waals surface area contributed by atoms with E-state index in [1.54, 1.807) is 37.0 Å². The Hall–Kier alpha value is -2.38. The van der Waals surface area contributed by atoms with Gasteiger partial charge in [-0.05, 0) is 32.2 Å². The standard InChI is InChI=1S/C16H20N4O3.ClH/c1-3-23-16(22)13-9-11-20(19-13)14-7-5-4-6-12(14)18-15(21)8-10-17-2;/h4-7,9,11,17H,3,8,10H2,1-2H3,(H,18,21);1H. The molecule has 24 heavy (non-hydrogen) atoms. The normalized spacial score (nSPS) is 9.92. The zero-order valence-corrected chi connectivity index (χ0v) is 14.4. The molecule has 0 spiro atoms. The van der Waals surface area contributed by atoms with Gasteiger partial charge in [0.1, 0.15) is 0 Å². The Morgan fingerprint density at radius 3 is 2.71 bits per heavy atom. The van der Waals surface area contributed by atoms with Gasteiger partial charge >= 0.3 is 5.97 Å². The molecule has 0 bridgehead atoms. The topological polar surface area (TPSA) is 85.2 Å². The molecular formula is C16H21ClN4O3. The summed E-state index contributed by atoms with van der Waals surface area (Å²) in [5.74, 6) is -0.564. The zero-order valence-electron chi connectivity index (χ0n) is 13.6. The molecule has 0 fully saturated rings. The van der Waals surface area contributed by atoms with Gasteiger partial charge in [-0.15, -0.1) is 12.4 Å². The molecule has 1 heterocycles. The summed E-state index contributed by atoms with van der Waals surface area (Å²) in [6, 6.07) is 8.85. The SMILES string of the molecule is CCOC(=O)c1ccn(-c2ccccc2NC(=O)CCNC)n1.Cl. The summed E-state index contributed by atoms with van der Waals surface area (Å²) in [4.78, 5) is 23.6. The molecule has 0 aliphatic carbocycles. The molecule has 1 aromatic heterocycles. The van der Waals surface area contributed by atoms with E-state index in [9.17, 15) is 9.59 Å². The van der Waals surface area contributed by atoms with Crippen molar-refractivity contribution in [3.63, 3.8) is 0 Å². The van der Waals surface area contributed by atoms with Crippen LogP contribution in [0.25, 0.3) is 5.69 Å². The third-order valence-electron chi connectivity index (χ3n) is 3.10. The Bertz CT molecular complexity index is 687. The van der Waals surface area contributed by atoms with E-state index in [1.807, 2.05) is 18.2 Å². The fourth-order valence-electron chi connectivity index (χ4n) is 2.00. The highest BCUT2D eigenvalue weighted by molar-refractivity contribution is 5.93. The van der Waals surface area contributed by atoms with Crippen molar-refractivity contribution in [2.24, 2.45) is 0 Å². The maximum Gasteiger partial charge on any atom is 0.358 e. The highest BCUT2D eigenvalue weighted by atomic mass is 35.5. The van der Waals surface area contributed by atoms with Gasteiger partial charge in [-0.1, -0.05) is 12.1 Å². The Morgan fingerprint density at radius 1 is 1.25 bits per heavy atom. The monoisotopic (exact) mass is 352 g/mol. The molecule has 0 atom stereocenters. The summed E-state index contributed by atoms with van der Waals surface area (Å²) in [6.45, 7) is 2.64. The van der Waals surface area contributed by atoms with Crippen LogP contribution < -0.4 is 10.6 Å². The van der Waals surface area contributed by atoms with Gasteiger partial charge in [0.25, 0.3) is 0 Å².